The van der Waals surface area contributed by atoms with Gasteiger partial charge >= 0.3 is 6.03 Å². The minimum absolute atomic E-state index is 0.177. The lowest BCUT2D eigenvalue weighted by Gasteiger charge is -2.07. The van der Waals surface area contributed by atoms with Crippen LogP contribution in [0.4, 0.5) is 22.0 Å². The van der Waals surface area contributed by atoms with Crippen LogP contribution in [0.3, 0.4) is 0 Å². The normalized spacial score (nSPS) is 9.74. The van der Waals surface area contributed by atoms with E-state index in [2.05, 4.69) is 25.6 Å². The Morgan fingerprint density at radius 1 is 1.11 bits per heavy atom. The highest BCUT2D eigenvalue weighted by molar-refractivity contribution is 5.99. The quantitative estimate of drug-likeness (QED) is 0.788. The molecule has 0 radical (unpaired) electrons. The zero-order chi connectivity index (χ0) is 13.7. The Kier molecular flexibility index (Phi) is 3.77. The van der Waals surface area contributed by atoms with Crippen molar-refractivity contribution in [1.29, 1.82) is 0 Å². The van der Waals surface area contributed by atoms with Gasteiger partial charge in [0, 0.05) is 24.4 Å². The molecule has 0 aliphatic carbocycles. The molecule has 0 saturated heterocycles. The number of urea groups is 1. The molecule has 0 unspecified atom stereocenters. The van der Waals surface area contributed by atoms with Gasteiger partial charge in [0.25, 0.3) is 0 Å². The summed E-state index contributed by atoms with van der Waals surface area (Å²) in [6.45, 7) is 1.41. The van der Waals surface area contributed by atoms with Crippen LogP contribution in [0, 0.1) is 0 Å². The molecule has 1 aromatic heterocycles. The number of nitrogens with one attached hydrogen (secondary N) is 3. The number of amides is 3. The third-order valence-electron chi connectivity index (χ3n) is 2.12. The maximum atomic E-state index is 11.6. The van der Waals surface area contributed by atoms with E-state index < -0.39 is 6.03 Å². The number of carbonyl (C=O) groups is 2. The second-order valence-corrected chi connectivity index (χ2v) is 3.73. The smallest absolute Gasteiger partial charge is 0.324 e. The van der Waals surface area contributed by atoms with Gasteiger partial charge in [-0.15, -0.1) is 0 Å². The van der Waals surface area contributed by atoms with Crippen molar-refractivity contribution in [3.05, 3.63) is 36.6 Å². The van der Waals surface area contributed by atoms with Crippen LogP contribution < -0.4 is 16.0 Å². The van der Waals surface area contributed by atoms with Crippen LogP contribution in [-0.2, 0) is 4.79 Å². The third kappa shape index (κ3) is 3.84. The lowest BCUT2D eigenvalue weighted by Crippen LogP contribution is -2.19. The van der Waals surface area contributed by atoms with Crippen LogP contribution in [0.1, 0.15) is 6.92 Å². The van der Waals surface area contributed by atoms with Gasteiger partial charge in [-0.1, -0.05) is 11.2 Å². The number of anilines is 3. The summed E-state index contributed by atoms with van der Waals surface area (Å²) in [4.78, 5) is 22.6. The zero-order valence-corrected chi connectivity index (χ0v) is 10.1. The summed E-state index contributed by atoms with van der Waals surface area (Å²) in [6, 6.07) is 7.86. The average Bonchev–Trinajstić information content (AvgIpc) is 2.81. The van der Waals surface area contributed by atoms with E-state index in [0.717, 1.165) is 0 Å². The molecule has 3 amide bonds. The third-order valence-corrected chi connectivity index (χ3v) is 2.12. The Morgan fingerprint density at radius 2 is 1.84 bits per heavy atom. The zero-order valence-electron chi connectivity index (χ0n) is 10.1. The van der Waals surface area contributed by atoms with Crippen molar-refractivity contribution in [1.82, 2.24) is 5.16 Å². The van der Waals surface area contributed by atoms with Crippen LogP contribution in [0.25, 0.3) is 0 Å². The number of nitrogens with zero attached hydrogens (tertiary/aromatic N) is 1. The van der Waals surface area contributed by atoms with Gasteiger partial charge in [0.15, 0.2) is 5.82 Å². The van der Waals surface area contributed by atoms with Crippen molar-refractivity contribution < 1.29 is 14.1 Å². The summed E-state index contributed by atoms with van der Waals surface area (Å²) in [6.07, 6.45) is 1.35. The molecule has 1 heterocycles. The number of benzene rings is 1. The van der Waals surface area contributed by atoms with Crippen LogP contribution in [0.5, 0.6) is 0 Å². The largest absolute Gasteiger partial charge is 0.363 e. The van der Waals surface area contributed by atoms with Gasteiger partial charge in [-0.2, -0.15) is 0 Å². The van der Waals surface area contributed by atoms with Gasteiger partial charge in [0.2, 0.25) is 5.91 Å². The summed E-state index contributed by atoms with van der Waals surface area (Å²) in [5.41, 5.74) is 1.15. The number of carbonyl (C=O) groups excluding carboxylic acids is 2. The molecule has 7 heteroatoms. The standard InChI is InChI=1S/C12H12N4O3/c1-8(17)13-9-3-2-4-10(7-9)14-12(18)15-11-5-6-19-16-11/h2-7H,1H3,(H,13,17)(H2,14,15,16,18). The molecule has 7 nitrogen and oxygen atoms in total. The van der Waals surface area contributed by atoms with Crippen molar-refractivity contribution in [3.63, 3.8) is 0 Å². The highest BCUT2D eigenvalue weighted by Gasteiger charge is 2.05. The van der Waals surface area contributed by atoms with Crippen molar-refractivity contribution >= 4 is 29.1 Å². The minimum Gasteiger partial charge on any atom is -0.363 e. The Balaban J connectivity index is 1.98. The van der Waals surface area contributed by atoms with Crippen LogP contribution in [0.15, 0.2) is 41.1 Å². The molecule has 0 aliphatic heterocycles. The molecule has 98 valence electrons. The number of rotatable bonds is 3. The molecule has 0 spiro atoms. The fraction of sp³-hybridized carbons (Fsp3) is 0.0833. The van der Waals surface area contributed by atoms with E-state index in [9.17, 15) is 9.59 Å². The fourth-order valence-corrected chi connectivity index (χ4v) is 1.43. The highest BCUT2D eigenvalue weighted by atomic mass is 16.5. The predicted octanol–water partition coefficient (Wildman–Crippen LogP) is 2.28. The molecule has 0 aliphatic rings. The summed E-state index contributed by atoms with van der Waals surface area (Å²) in [5.74, 6) is 0.139. The van der Waals surface area contributed by atoms with Crippen molar-refractivity contribution in [3.8, 4) is 0 Å². The van der Waals surface area contributed by atoms with Crippen LogP contribution in [0.2, 0.25) is 0 Å². The van der Waals surface area contributed by atoms with E-state index in [4.69, 9.17) is 0 Å². The predicted molar refractivity (Wildman–Crippen MR) is 69.9 cm³/mol. The first-order valence-corrected chi connectivity index (χ1v) is 5.49. The summed E-state index contributed by atoms with van der Waals surface area (Å²) < 4.78 is 4.59. The molecular weight excluding hydrogens is 248 g/mol. The fourth-order valence-electron chi connectivity index (χ4n) is 1.43. The highest BCUT2D eigenvalue weighted by Crippen LogP contribution is 2.15. The van der Waals surface area contributed by atoms with E-state index in [-0.39, 0.29) is 5.91 Å². The first kappa shape index (κ1) is 12.6. The molecular formula is C12H12N4O3. The van der Waals surface area contributed by atoms with E-state index in [1.54, 1.807) is 24.3 Å². The van der Waals surface area contributed by atoms with E-state index >= 15 is 0 Å². The van der Waals surface area contributed by atoms with Gasteiger partial charge in [0.05, 0.1) is 0 Å². The lowest BCUT2D eigenvalue weighted by atomic mass is 10.3. The van der Waals surface area contributed by atoms with Gasteiger partial charge in [-0.05, 0) is 18.2 Å². The monoisotopic (exact) mass is 260 g/mol. The average molecular weight is 260 g/mol. The Bertz CT molecular complexity index is 580. The number of hydrogen-bond donors (Lipinski definition) is 3. The summed E-state index contributed by atoms with van der Waals surface area (Å²) >= 11 is 0. The Hall–Kier alpha value is -2.83. The van der Waals surface area contributed by atoms with E-state index in [1.165, 1.54) is 19.3 Å². The van der Waals surface area contributed by atoms with Crippen LogP contribution >= 0.6 is 0 Å². The van der Waals surface area contributed by atoms with E-state index in [0.29, 0.717) is 17.2 Å². The second-order valence-electron chi connectivity index (χ2n) is 3.73. The molecule has 19 heavy (non-hydrogen) atoms. The maximum absolute atomic E-state index is 11.6. The molecule has 0 fully saturated rings. The topological polar surface area (TPSA) is 96.3 Å². The SMILES string of the molecule is CC(=O)Nc1cccc(NC(=O)Nc2ccon2)c1. The lowest BCUT2D eigenvalue weighted by molar-refractivity contribution is -0.114. The number of aromatic nitrogens is 1. The second kappa shape index (κ2) is 5.67. The molecule has 0 saturated carbocycles. The van der Waals surface area contributed by atoms with Gasteiger partial charge in [-0.25, -0.2) is 4.79 Å². The molecule has 2 rings (SSSR count). The van der Waals surface area contributed by atoms with Crippen LogP contribution in [-0.4, -0.2) is 17.1 Å². The minimum atomic E-state index is -0.450. The molecule has 2 aromatic rings. The number of hydrogen-bond acceptors (Lipinski definition) is 4. The van der Waals surface area contributed by atoms with E-state index in [1.807, 2.05) is 0 Å². The van der Waals surface area contributed by atoms with Crippen molar-refractivity contribution in [2.24, 2.45) is 0 Å². The molecule has 1 aromatic carbocycles. The Morgan fingerprint density at radius 3 is 2.47 bits per heavy atom. The van der Waals surface area contributed by atoms with Gasteiger partial charge in [-0.3, -0.25) is 10.1 Å². The summed E-state index contributed by atoms with van der Waals surface area (Å²) in [7, 11) is 0. The van der Waals surface area contributed by atoms with Gasteiger partial charge in [0.1, 0.15) is 6.26 Å². The van der Waals surface area contributed by atoms with Crippen molar-refractivity contribution in [2.45, 2.75) is 6.92 Å². The van der Waals surface area contributed by atoms with Gasteiger partial charge < -0.3 is 15.2 Å². The first-order valence-electron chi connectivity index (χ1n) is 5.49. The molecule has 0 atom stereocenters. The van der Waals surface area contributed by atoms with Crippen molar-refractivity contribution in [2.75, 3.05) is 16.0 Å². The maximum Gasteiger partial charge on any atom is 0.324 e. The molecule has 3 N–H and O–H groups in total. The Labute approximate surface area is 109 Å². The molecule has 0 bridgehead atoms. The first-order chi connectivity index (χ1) is 9.13. The summed E-state index contributed by atoms with van der Waals surface area (Å²) in [5, 5.41) is 11.3.